The van der Waals surface area contributed by atoms with E-state index in [-0.39, 0.29) is 11.8 Å². The normalized spacial score (nSPS) is 14.6. The Bertz CT molecular complexity index is 719. The van der Waals surface area contributed by atoms with Crippen LogP contribution in [0, 0.1) is 5.92 Å². The molecule has 6 nitrogen and oxygen atoms in total. The predicted octanol–water partition coefficient (Wildman–Crippen LogP) is 5.12. The Morgan fingerprint density at radius 2 is 1.97 bits per heavy atom. The van der Waals surface area contributed by atoms with Crippen LogP contribution in [-0.2, 0) is 4.79 Å². The molecule has 29 heavy (non-hydrogen) atoms. The van der Waals surface area contributed by atoms with Gasteiger partial charge >= 0.3 is 12.0 Å². The summed E-state index contributed by atoms with van der Waals surface area (Å²) < 4.78 is 0.703. The summed E-state index contributed by atoms with van der Waals surface area (Å²) in [6.07, 6.45) is 8.31. The van der Waals surface area contributed by atoms with Gasteiger partial charge in [-0.25, -0.2) is 4.79 Å². The standard InChI is InChI=1S/C20H27N3O3S3/c1-21-11-19(28-13-18(24)25)29-14-22-20(26)23(12-15-5-3-4-6-15)16-7-9-17(27-2)10-8-16/h7-11,15H,1,3-6,12-14H2,2H3,(H,22,26)(H,24,25)/b19-11-. The van der Waals surface area contributed by atoms with Crippen molar-refractivity contribution in [3.05, 3.63) is 34.7 Å². The van der Waals surface area contributed by atoms with Gasteiger partial charge in [0.1, 0.15) is 0 Å². The van der Waals surface area contributed by atoms with Gasteiger partial charge in [0.25, 0.3) is 0 Å². The molecule has 0 unspecified atom stereocenters. The minimum absolute atomic E-state index is 0.0576. The molecular formula is C20H27N3O3S3. The highest BCUT2D eigenvalue weighted by Gasteiger charge is 2.23. The average molecular weight is 454 g/mol. The molecule has 1 aromatic rings. The number of nitrogens with one attached hydrogen (secondary N) is 1. The van der Waals surface area contributed by atoms with Crippen LogP contribution in [0.25, 0.3) is 0 Å². The first-order valence-corrected chi connectivity index (χ1v) is 12.6. The number of anilines is 1. The van der Waals surface area contributed by atoms with Crippen molar-refractivity contribution < 1.29 is 14.7 Å². The van der Waals surface area contributed by atoms with Crippen LogP contribution in [0.5, 0.6) is 0 Å². The quantitative estimate of drug-likeness (QED) is 0.275. The Labute approximate surface area is 185 Å². The number of hydrogen-bond acceptors (Lipinski definition) is 6. The van der Waals surface area contributed by atoms with E-state index in [0.29, 0.717) is 22.6 Å². The summed E-state index contributed by atoms with van der Waals surface area (Å²) in [5.74, 6) is -0.0967. The van der Waals surface area contributed by atoms with Crippen LogP contribution in [0.1, 0.15) is 25.7 Å². The second-order valence-corrected chi connectivity index (χ2v) is 9.72. The molecule has 0 aromatic heterocycles. The minimum Gasteiger partial charge on any atom is -0.481 e. The van der Waals surface area contributed by atoms with Crippen molar-refractivity contribution in [1.29, 1.82) is 0 Å². The van der Waals surface area contributed by atoms with Crippen LogP contribution in [0.15, 0.2) is 44.6 Å². The lowest BCUT2D eigenvalue weighted by molar-refractivity contribution is -0.133. The number of thioether (sulfide) groups is 3. The largest absolute Gasteiger partial charge is 0.481 e. The molecule has 0 atom stereocenters. The van der Waals surface area contributed by atoms with E-state index in [9.17, 15) is 9.59 Å². The van der Waals surface area contributed by atoms with Crippen molar-refractivity contribution in [2.45, 2.75) is 30.6 Å². The number of urea groups is 1. The van der Waals surface area contributed by atoms with E-state index in [4.69, 9.17) is 5.11 Å². The van der Waals surface area contributed by atoms with Gasteiger partial charge in [-0.3, -0.25) is 14.7 Å². The van der Waals surface area contributed by atoms with Crippen molar-refractivity contribution in [2.24, 2.45) is 10.9 Å². The maximum atomic E-state index is 12.9. The number of benzene rings is 1. The molecule has 1 fully saturated rings. The van der Waals surface area contributed by atoms with Crippen LogP contribution < -0.4 is 10.2 Å². The fourth-order valence-electron chi connectivity index (χ4n) is 3.11. The van der Waals surface area contributed by atoms with Gasteiger partial charge in [0.05, 0.1) is 15.9 Å². The Balaban J connectivity index is 1.99. The summed E-state index contributed by atoms with van der Waals surface area (Å²) in [5, 5.41) is 11.8. The Morgan fingerprint density at radius 1 is 1.28 bits per heavy atom. The molecule has 0 aliphatic heterocycles. The molecule has 9 heteroatoms. The van der Waals surface area contributed by atoms with Gasteiger partial charge in [-0.1, -0.05) is 24.6 Å². The molecule has 2 amide bonds. The van der Waals surface area contributed by atoms with E-state index in [1.807, 2.05) is 35.4 Å². The molecule has 0 radical (unpaired) electrons. The topological polar surface area (TPSA) is 82.0 Å². The number of carboxylic acids is 1. The zero-order chi connectivity index (χ0) is 21.1. The smallest absolute Gasteiger partial charge is 0.322 e. The summed E-state index contributed by atoms with van der Waals surface area (Å²) in [4.78, 5) is 30.4. The Morgan fingerprint density at radius 3 is 2.55 bits per heavy atom. The van der Waals surface area contributed by atoms with Crippen molar-refractivity contribution in [1.82, 2.24) is 5.32 Å². The number of carboxylic acid groups (broad SMARTS) is 1. The first kappa shape index (κ1) is 23.7. The number of carbonyl (C=O) groups is 2. The molecule has 0 saturated heterocycles. The maximum absolute atomic E-state index is 12.9. The summed E-state index contributed by atoms with van der Waals surface area (Å²) in [5.41, 5.74) is 0.890. The summed E-state index contributed by atoms with van der Waals surface area (Å²) in [6, 6.07) is 7.90. The van der Waals surface area contributed by atoms with Gasteiger partial charge in [-0.05, 0) is 56.0 Å². The first-order chi connectivity index (χ1) is 14.0. The van der Waals surface area contributed by atoms with E-state index in [1.54, 1.807) is 11.8 Å². The molecule has 2 N–H and O–H groups in total. The number of aliphatic carboxylic acids is 1. The van der Waals surface area contributed by atoms with Crippen LogP contribution in [-0.4, -0.2) is 48.3 Å². The van der Waals surface area contributed by atoms with E-state index in [1.165, 1.54) is 30.8 Å². The van der Waals surface area contributed by atoms with E-state index in [2.05, 4.69) is 17.0 Å². The average Bonchev–Trinajstić information content (AvgIpc) is 3.23. The monoisotopic (exact) mass is 453 g/mol. The zero-order valence-electron chi connectivity index (χ0n) is 16.5. The molecule has 1 saturated carbocycles. The van der Waals surface area contributed by atoms with Crippen LogP contribution >= 0.6 is 35.3 Å². The highest BCUT2D eigenvalue weighted by molar-refractivity contribution is 8.22. The lowest BCUT2D eigenvalue weighted by Crippen LogP contribution is -2.42. The number of nitrogens with zero attached hydrogens (tertiary/aromatic N) is 2. The second kappa shape index (κ2) is 12.9. The van der Waals surface area contributed by atoms with Gasteiger partial charge in [-0.15, -0.1) is 23.5 Å². The maximum Gasteiger partial charge on any atom is 0.322 e. The van der Waals surface area contributed by atoms with Crippen molar-refractivity contribution in [3.63, 3.8) is 0 Å². The molecule has 0 spiro atoms. The molecule has 0 bridgehead atoms. The molecular weight excluding hydrogens is 426 g/mol. The lowest BCUT2D eigenvalue weighted by Gasteiger charge is -2.26. The first-order valence-electron chi connectivity index (χ1n) is 9.36. The third kappa shape index (κ3) is 8.36. The van der Waals surface area contributed by atoms with E-state index >= 15 is 0 Å². The fourth-order valence-corrected chi connectivity index (χ4v) is 5.10. The van der Waals surface area contributed by atoms with Gasteiger partial charge in [0.15, 0.2) is 0 Å². The van der Waals surface area contributed by atoms with E-state index in [0.717, 1.165) is 35.2 Å². The van der Waals surface area contributed by atoms with Gasteiger partial charge < -0.3 is 10.4 Å². The number of carbonyl (C=O) groups excluding carboxylic acids is 1. The highest BCUT2D eigenvalue weighted by atomic mass is 32.2. The fraction of sp³-hybridized carbons (Fsp3) is 0.450. The molecule has 158 valence electrons. The van der Waals surface area contributed by atoms with Crippen LogP contribution in [0.2, 0.25) is 0 Å². The van der Waals surface area contributed by atoms with Crippen molar-refractivity contribution in [3.8, 4) is 0 Å². The highest BCUT2D eigenvalue weighted by Crippen LogP contribution is 2.30. The third-order valence-electron chi connectivity index (χ3n) is 4.52. The minimum atomic E-state index is -0.897. The number of hydrogen-bond donors (Lipinski definition) is 2. The van der Waals surface area contributed by atoms with Crippen molar-refractivity contribution >= 4 is 59.7 Å². The summed E-state index contributed by atoms with van der Waals surface area (Å²) >= 11 is 4.18. The predicted molar refractivity (Wildman–Crippen MR) is 126 cm³/mol. The molecule has 1 aliphatic carbocycles. The lowest BCUT2D eigenvalue weighted by atomic mass is 10.1. The third-order valence-corrected chi connectivity index (χ3v) is 7.43. The molecule has 1 aromatic carbocycles. The summed E-state index contributed by atoms with van der Waals surface area (Å²) in [6.45, 7) is 4.12. The van der Waals surface area contributed by atoms with Crippen LogP contribution in [0.4, 0.5) is 10.5 Å². The van der Waals surface area contributed by atoms with Gasteiger partial charge in [-0.2, -0.15) is 0 Å². The second-order valence-electron chi connectivity index (χ2n) is 6.54. The SMILES string of the molecule is C=N/C=C(\SCNC(=O)N(CC1CCCC1)c1ccc(SC)cc1)SCC(=O)O. The Hall–Kier alpha value is -1.58. The Kier molecular flexibility index (Phi) is 10.5. The number of aliphatic imine (C=N–C) groups is 1. The van der Waals surface area contributed by atoms with Gasteiger partial charge in [0.2, 0.25) is 0 Å². The summed E-state index contributed by atoms with van der Waals surface area (Å²) in [7, 11) is 0. The number of amides is 2. The molecule has 2 rings (SSSR count). The zero-order valence-corrected chi connectivity index (χ0v) is 19.0. The van der Waals surface area contributed by atoms with Crippen molar-refractivity contribution in [2.75, 3.05) is 29.3 Å². The van der Waals surface area contributed by atoms with Crippen LogP contribution in [0.3, 0.4) is 0 Å². The molecule has 0 heterocycles. The number of rotatable bonds is 11. The van der Waals surface area contributed by atoms with Gasteiger partial charge in [0, 0.05) is 23.3 Å². The molecule has 1 aliphatic rings. The van der Waals surface area contributed by atoms with E-state index < -0.39 is 5.97 Å².